The van der Waals surface area contributed by atoms with Crippen LogP contribution < -0.4 is 10.1 Å². The van der Waals surface area contributed by atoms with Crippen LogP contribution in [0.3, 0.4) is 0 Å². The summed E-state index contributed by atoms with van der Waals surface area (Å²) in [6.07, 6.45) is 4.07. The van der Waals surface area contributed by atoms with E-state index >= 15 is 0 Å². The van der Waals surface area contributed by atoms with Crippen molar-refractivity contribution in [3.63, 3.8) is 0 Å². The Hall–Kier alpha value is -2.29. The van der Waals surface area contributed by atoms with Crippen LogP contribution in [0.15, 0.2) is 54.6 Å². The molecule has 132 valence electrons. The molecule has 0 saturated heterocycles. The van der Waals surface area contributed by atoms with Gasteiger partial charge < -0.3 is 10.1 Å². The molecule has 0 aromatic heterocycles. The number of hydrogen-bond donors (Lipinski definition) is 1. The number of rotatable bonds is 6. The van der Waals surface area contributed by atoms with Crippen LogP contribution in [0.4, 0.5) is 0 Å². The van der Waals surface area contributed by atoms with Gasteiger partial charge in [0.2, 0.25) is 5.91 Å². The number of amides is 1. The van der Waals surface area contributed by atoms with Crippen molar-refractivity contribution >= 4 is 5.91 Å². The van der Waals surface area contributed by atoms with Gasteiger partial charge >= 0.3 is 0 Å². The first-order valence-electron chi connectivity index (χ1n) is 9.16. The molecular weight excluding hydrogens is 310 g/mol. The fourth-order valence-corrected chi connectivity index (χ4v) is 3.64. The van der Waals surface area contributed by atoms with Crippen molar-refractivity contribution in [2.75, 3.05) is 6.61 Å². The number of carbonyl (C=O) groups is 1. The van der Waals surface area contributed by atoms with Gasteiger partial charge in [0.1, 0.15) is 12.4 Å². The zero-order valence-corrected chi connectivity index (χ0v) is 15.1. The van der Waals surface area contributed by atoms with Gasteiger partial charge in [-0.2, -0.15) is 0 Å². The van der Waals surface area contributed by atoms with Crippen LogP contribution in [0.2, 0.25) is 0 Å². The number of aryl methyl sites for hydroxylation is 1. The van der Waals surface area contributed by atoms with Crippen LogP contribution >= 0.6 is 0 Å². The summed E-state index contributed by atoms with van der Waals surface area (Å²) in [7, 11) is 0. The molecule has 0 aliphatic heterocycles. The van der Waals surface area contributed by atoms with E-state index in [-0.39, 0.29) is 17.4 Å². The van der Waals surface area contributed by atoms with E-state index in [1.807, 2.05) is 49.4 Å². The highest BCUT2D eigenvalue weighted by atomic mass is 16.5. The van der Waals surface area contributed by atoms with Crippen molar-refractivity contribution < 1.29 is 9.53 Å². The van der Waals surface area contributed by atoms with E-state index in [2.05, 4.69) is 24.4 Å². The van der Waals surface area contributed by atoms with Gasteiger partial charge in [-0.05, 0) is 44.4 Å². The van der Waals surface area contributed by atoms with Crippen LogP contribution in [0.25, 0.3) is 0 Å². The molecule has 1 fully saturated rings. The van der Waals surface area contributed by atoms with Crippen LogP contribution in [0, 0.1) is 6.92 Å². The lowest BCUT2D eigenvalue weighted by molar-refractivity contribution is -0.127. The van der Waals surface area contributed by atoms with Crippen LogP contribution in [-0.4, -0.2) is 18.6 Å². The van der Waals surface area contributed by atoms with E-state index in [0.717, 1.165) is 37.0 Å². The molecule has 1 aliphatic rings. The van der Waals surface area contributed by atoms with Gasteiger partial charge in [-0.15, -0.1) is 0 Å². The summed E-state index contributed by atoms with van der Waals surface area (Å²) in [5.41, 5.74) is 1.97. The first-order chi connectivity index (χ1) is 12.1. The third kappa shape index (κ3) is 4.04. The Bertz CT molecular complexity index is 688. The van der Waals surface area contributed by atoms with Gasteiger partial charge in [-0.1, -0.05) is 60.9 Å². The Balaban J connectivity index is 1.62. The average Bonchev–Trinajstić information content (AvgIpc) is 3.13. The van der Waals surface area contributed by atoms with Gasteiger partial charge in [-0.25, -0.2) is 0 Å². The highest BCUT2D eigenvalue weighted by molar-refractivity contribution is 5.88. The molecule has 0 spiro atoms. The summed E-state index contributed by atoms with van der Waals surface area (Å²) in [6, 6.07) is 18.2. The molecular formula is C22H27NO2. The van der Waals surface area contributed by atoms with Crippen molar-refractivity contribution in [3.05, 3.63) is 65.7 Å². The van der Waals surface area contributed by atoms with Gasteiger partial charge in [0.15, 0.2) is 0 Å². The number of carbonyl (C=O) groups excluding carboxylic acids is 1. The van der Waals surface area contributed by atoms with Crippen LogP contribution in [-0.2, 0) is 10.2 Å². The largest absolute Gasteiger partial charge is 0.491 e. The third-order valence-corrected chi connectivity index (χ3v) is 5.12. The predicted octanol–water partition coefficient (Wildman–Crippen LogP) is 4.39. The molecule has 3 rings (SSSR count). The van der Waals surface area contributed by atoms with E-state index in [4.69, 9.17) is 4.74 Å². The van der Waals surface area contributed by atoms with E-state index in [0.29, 0.717) is 6.61 Å². The number of nitrogens with one attached hydrogen (secondary N) is 1. The fourth-order valence-electron chi connectivity index (χ4n) is 3.64. The Kier molecular flexibility index (Phi) is 5.42. The molecule has 3 heteroatoms. The maximum Gasteiger partial charge on any atom is 0.230 e. The van der Waals surface area contributed by atoms with Crippen LogP contribution in [0.1, 0.15) is 43.7 Å². The molecule has 1 amide bonds. The topological polar surface area (TPSA) is 38.3 Å². The molecule has 0 radical (unpaired) electrons. The Morgan fingerprint density at radius 3 is 2.36 bits per heavy atom. The highest BCUT2D eigenvalue weighted by Crippen LogP contribution is 2.41. The smallest absolute Gasteiger partial charge is 0.230 e. The number of hydrogen-bond acceptors (Lipinski definition) is 2. The molecule has 0 bridgehead atoms. The van der Waals surface area contributed by atoms with E-state index < -0.39 is 0 Å². The summed E-state index contributed by atoms with van der Waals surface area (Å²) >= 11 is 0. The number of benzene rings is 2. The Labute approximate surface area is 150 Å². The maximum atomic E-state index is 13.1. The van der Waals surface area contributed by atoms with Crippen LogP contribution in [0.5, 0.6) is 5.75 Å². The second-order valence-corrected chi connectivity index (χ2v) is 7.15. The maximum absolute atomic E-state index is 13.1. The van der Waals surface area contributed by atoms with E-state index in [9.17, 15) is 4.79 Å². The molecule has 1 atom stereocenters. The predicted molar refractivity (Wildman–Crippen MR) is 101 cm³/mol. The monoisotopic (exact) mass is 337 g/mol. The Morgan fingerprint density at radius 1 is 1.08 bits per heavy atom. The van der Waals surface area contributed by atoms with Crippen molar-refractivity contribution in [2.45, 2.75) is 51.0 Å². The van der Waals surface area contributed by atoms with Gasteiger partial charge in [0.25, 0.3) is 0 Å². The minimum Gasteiger partial charge on any atom is -0.491 e. The molecule has 1 saturated carbocycles. The standard InChI is InChI=1S/C22H27NO2/c1-17-10-12-20(13-11-17)25-16-18(2)23-21(24)22(14-6-7-15-22)19-8-4-3-5-9-19/h3-5,8-13,18H,6-7,14-16H2,1-2H3,(H,23,24)/t18-/m1/s1. The van der Waals surface area contributed by atoms with Gasteiger partial charge in [0, 0.05) is 0 Å². The zero-order valence-electron chi connectivity index (χ0n) is 15.1. The molecule has 2 aromatic rings. The second-order valence-electron chi connectivity index (χ2n) is 7.15. The van der Waals surface area contributed by atoms with Crippen molar-refractivity contribution in [2.24, 2.45) is 0 Å². The van der Waals surface area contributed by atoms with Crippen molar-refractivity contribution in [1.29, 1.82) is 0 Å². The lowest BCUT2D eigenvalue weighted by Gasteiger charge is -2.30. The average molecular weight is 337 g/mol. The van der Waals surface area contributed by atoms with E-state index in [1.54, 1.807) is 0 Å². The molecule has 25 heavy (non-hydrogen) atoms. The van der Waals surface area contributed by atoms with Gasteiger partial charge in [0.05, 0.1) is 11.5 Å². The summed E-state index contributed by atoms with van der Waals surface area (Å²) in [6.45, 7) is 4.52. The van der Waals surface area contributed by atoms with Crippen molar-refractivity contribution in [1.82, 2.24) is 5.32 Å². The summed E-state index contributed by atoms with van der Waals surface area (Å²) in [4.78, 5) is 13.1. The third-order valence-electron chi connectivity index (χ3n) is 5.12. The fraction of sp³-hybridized carbons (Fsp3) is 0.409. The SMILES string of the molecule is Cc1ccc(OC[C@@H](C)NC(=O)C2(c3ccccc3)CCCC2)cc1. The lowest BCUT2D eigenvalue weighted by Crippen LogP contribution is -2.47. The van der Waals surface area contributed by atoms with Crippen molar-refractivity contribution in [3.8, 4) is 5.75 Å². The molecule has 1 N–H and O–H groups in total. The first-order valence-corrected chi connectivity index (χ1v) is 9.16. The normalized spacial score (nSPS) is 17.0. The van der Waals surface area contributed by atoms with Gasteiger partial charge in [-0.3, -0.25) is 4.79 Å². The van der Waals surface area contributed by atoms with E-state index in [1.165, 1.54) is 5.56 Å². The highest BCUT2D eigenvalue weighted by Gasteiger charge is 2.42. The molecule has 3 nitrogen and oxygen atoms in total. The minimum absolute atomic E-state index is 0.0324. The number of ether oxygens (including phenoxy) is 1. The molecule has 0 unspecified atom stereocenters. The summed E-state index contributed by atoms with van der Waals surface area (Å²) in [5.74, 6) is 0.974. The zero-order chi connectivity index (χ0) is 17.7. The summed E-state index contributed by atoms with van der Waals surface area (Å²) in [5, 5.41) is 3.18. The molecule has 1 aliphatic carbocycles. The lowest BCUT2D eigenvalue weighted by atomic mass is 9.78. The molecule has 0 heterocycles. The molecule has 2 aromatic carbocycles. The second kappa shape index (κ2) is 7.73. The first kappa shape index (κ1) is 17.5. The quantitative estimate of drug-likeness (QED) is 0.849. The Morgan fingerprint density at radius 2 is 1.72 bits per heavy atom. The minimum atomic E-state index is -0.376. The summed E-state index contributed by atoms with van der Waals surface area (Å²) < 4.78 is 5.81.